The SMILES string of the molecule is COCC(=O)N1CCC(C(=O)NC23CC4CC(CC(C4)C2)C3)CC1. The Balaban J connectivity index is 1.32. The summed E-state index contributed by atoms with van der Waals surface area (Å²) in [5.74, 6) is 2.91. The van der Waals surface area contributed by atoms with Crippen LogP contribution in [-0.4, -0.2) is 49.1 Å². The van der Waals surface area contributed by atoms with Crippen molar-refractivity contribution >= 4 is 11.8 Å². The number of likely N-dealkylation sites (tertiary alicyclic amines) is 1. The summed E-state index contributed by atoms with van der Waals surface area (Å²) in [6.07, 6.45) is 9.38. The van der Waals surface area contributed by atoms with Crippen molar-refractivity contribution in [2.45, 2.75) is 56.9 Å². The van der Waals surface area contributed by atoms with Gasteiger partial charge < -0.3 is 15.0 Å². The molecule has 0 spiro atoms. The first-order chi connectivity index (χ1) is 11.6. The van der Waals surface area contributed by atoms with E-state index < -0.39 is 0 Å². The van der Waals surface area contributed by atoms with Crippen molar-refractivity contribution in [3.05, 3.63) is 0 Å². The third-order valence-corrected chi connectivity index (χ3v) is 6.91. The van der Waals surface area contributed by atoms with Gasteiger partial charge in [-0.1, -0.05) is 0 Å². The van der Waals surface area contributed by atoms with Crippen molar-refractivity contribution in [1.29, 1.82) is 0 Å². The van der Waals surface area contributed by atoms with Crippen LogP contribution in [-0.2, 0) is 14.3 Å². The smallest absolute Gasteiger partial charge is 0.248 e. The van der Waals surface area contributed by atoms with Crippen molar-refractivity contribution < 1.29 is 14.3 Å². The van der Waals surface area contributed by atoms with E-state index in [0.29, 0.717) is 13.1 Å². The van der Waals surface area contributed by atoms with E-state index in [0.717, 1.165) is 30.6 Å². The van der Waals surface area contributed by atoms with Crippen molar-refractivity contribution in [1.82, 2.24) is 10.2 Å². The predicted molar refractivity (Wildman–Crippen MR) is 90.2 cm³/mol. The highest BCUT2D eigenvalue weighted by molar-refractivity contribution is 5.81. The Morgan fingerprint density at radius 2 is 1.58 bits per heavy atom. The predicted octanol–water partition coefficient (Wildman–Crippen LogP) is 1.96. The average molecular weight is 334 g/mol. The summed E-state index contributed by atoms with van der Waals surface area (Å²) >= 11 is 0. The molecule has 1 saturated heterocycles. The second-order valence-corrected chi connectivity index (χ2v) is 8.78. The Bertz CT molecular complexity index is 475. The van der Waals surface area contributed by atoms with E-state index in [9.17, 15) is 9.59 Å². The summed E-state index contributed by atoms with van der Waals surface area (Å²) in [5, 5.41) is 3.50. The fraction of sp³-hybridized carbons (Fsp3) is 0.895. The third kappa shape index (κ3) is 3.07. The molecule has 5 heteroatoms. The second-order valence-electron chi connectivity index (χ2n) is 8.78. The van der Waals surface area contributed by atoms with Crippen LogP contribution < -0.4 is 5.32 Å². The maximum Gasteiger partial charge on any atom is 0.248 e. The molecule has 5 rings (SSSR count). The standard InChI is InChI=1S/C19H30N2O3/c1-24-12-17(22)21-4-2-16(3-5-21)18(23)20-19-9-13-6-14(10-19)8-15(7-13)11-19/h13-16H,2-12H2,1H3,(H,20,23). The molecule has 0 radical (unpaired) electrons. The molecule has 0 aromatic heterocycles. The molecule has 24 heavy (non-hydrogen) atoms. The summed E-state index contributed by atoms with van der Waals surface area (Å²) in [6, 6.07) is 0. The molecule has 5 fully saturated rings. The molecule has 134 valence electrons. The van der Waals surface area contributed by atoms with Crippen LogP contribution in [0.15, 0.2) is 0 Å². The van der Waals surface area contributed by atoms with E-state index in [4.69, 9.17) is 4.74 Å². The average Bonchev–Trinajstić information content (AvgIpc) is 2.53. The van der Waals surface area contributed by atoms with Crippen molar-refractivity contribution in [3.8, 4) is 0 Å². The summed E-state index contributed by atoms with van der Waals surface area (Å²) in [7, 11) is 1.55. The molecule has 1 heterocycles. The normalized spacial score (nSPS) is 38.4. The Morgan fingerprint density at radius 1 is 1.04 bits per heavy atom. The molecule has 2 amide bonds. The van der Waals surface area contributed by atoms with Gasteiger partial charge >= 0.3 is 0 Å². The van der Waals surface area contributed by atoms with E-state index in [1.165, 1.54) is 38.5 Å². The summed E-state index contributed by atoms with van der Waals surface area (Å²) in [4.78, 5) is 26.6. The highest BCUT2D eigenvalue weighted by Gasteiger charge is 2.51. The first-order valence-corrected chi connectivity index (χ1v) is 9.65. The van der Waals surface area contributed by atoms with Gasteiger partial charge in [0.05, 0.1) is 0 Å². The van der Waals surface area contributed by atoms with E-state index >= 15 is 0 Å². The summed E-state index contributed by atoms with van der Waals surface area (Å²) in [5.41, 5.74) is 0.106. The minimum Gasteiger partial charge on any atom is -0.375 e. The molecule has 5 nitrogen and oxygen atoms in total. The van der Waals surface area contributed by atoms with Crippen LogP contribution in [0.2, 0.25) is 0 Å². The highest BCUT2D eigenvalue weighted by atomic mass is 16.5. The molecule has 0 unspecified atom stereocenters. The minimum atomic E-state index is 0.0393. The number of hydrogen-bond donors (Lipinski definition) is 1. The van der Waals surface area contributed by atoms with Gasteiger partial charge in [-0.15, -0.1) is 0 Å². The number of ether oxygens (including phenoxy) is 1. The van der Waals surface area contributed by atoms with Crippen LogP contribution in [0.4, 0.5) is 0 Å². The fourth-order valence-electron chi connectivity index (χ4n) is 6.23. The largest absolute Gasteiger partial charge is 0.375 e. The second kappa shape index (κ2) is 6.32. The van der Waals surface area contributed by atoms with Crippen molar-refractivity contribution in [2.75, 3.05) is 26.8 Å². The topological polar surface area (TPSA) is 58.6 Å². The van der Waals surface area contributed by atoms with Crippen LogP contribution in [0.5, 0.6) is 0 Å². The lowest BCUT2D eigenvalue weighted by Crippen LogP contribution is -2.61. The first kappa shape index (κ1) is 16.4. The van der Waals surface area contributed by atoms with Gasteiger partial charge in [-0.3, -0.25) is 9.59 Å². The molecular weight excluding hydrogens is 304 g/mol. The van der Waals surface area contributed by atoms with Gasteiger partial charge in [0.1, 0.15) is 6.61 Å². The number of hydrogen-bond acceptors (Lipinski definition) is 3. The maximum atomic E-state index is 12.8. The van der Waals surface area contributed by atoms with E-state index in [1.807, 2.05) is 4.90 Å². The van der Waals surface area contributed by atoms with Crippen LogP contribution in [0, 0.1) is 23.7 Å². The number of amides is 2. The number of methoxy groups -OCH3 is 1. The molecule has 0 aromatic rings. The van der Waals surface area contributed by atoms with Crippen LogP contribution >= 0.6 is 0 Å². The lowest BCUT2D eigenvalue weighted by Gasteiger charge is -2.57. The lowest BCUT2D eigenvalue weighted by atomic mass is 9.53. The fourth-order valence-corrected chi connectivity index (χ4v) is 6.23. The highest BCUT2D eigenvalue weighted by Crippen LogP contribution is 2.55. The number of carbonyl (C=O) groups is 2. The Kier molecular flexibility index (Phi) is 4.31. The lowest BCUT2D eigenvalue weighted by molar-refractivity contribution is -0.140. The van der Waals surface area contributed by atoms with Crippen molar-refractivity contribution in [3.63, 3.8) is 0 Å². The number of nitrogens with one attached hydrogen (secondary N) is 1. The van der Waals surface area contributed by atoms with E-state index in [1.54, 1.807) is 7.11 Å². The Morgan fingerprint density at radius 3 is 2.08 bits per heavy atom. The Labute approximate surface area is 144 Å². The zero-order chi connectivity index (χ0) is 16.7. The monoisotopic (exact) mass is 334 g/mol. The molecular formula is C19H30N2O3. The van der Waals surface area contributed by atoms with E-state index in [-0.39, 0.29) is 29.9 Å². The van der Waals surface area contributed by atoms with Crippen molar-refractivity contribution in [2.24, 2.45) is 23.7 Å². The molecule has 0 aromatic carbocycles. The minimum absolute atomic E-state index is 0.0393. The van der Waals surface area contributed by atoms with Crippen LogP contribution in [0.1, 0.15) is 51.4 Å². The van der Waals surface area contributed by atoms with Gasteiger partial charge in [0.15, 0.2) is 0 Å². The first-order valence-electron chi connectivity index (χ1n) is 9.65. The molecule has 4 aliphatic carbocycles. The quantitative estimate of drug-likeness (QED) is 0.855. The van der Waals surface area contributed by atoms with Gasteiger partial charge in [0.25, 0.3) is 0 Å². The molecule has 5 aliphatic rings. The van der Waals surface area contributed by atoms with E-state index in [2.05, 4.69) is 5.32 Å². The summed E-state index contributed by atoms with van der Waals surface area (Å²) < 4.78 is 4.92. The molecule has 1 aliphatic heterocycles. The number of rotatable bonds is 4. The summed E-state index contributed by atoms with van der Waals surface area (Å²) in [6.45, 7) is 1.51. The van der Waals surface area contributed by atoms with Gasteiger partial charge in [-0.25, -0.2) is 0 Å². The van der Waals surface area contributed by atoms with Crippen LogP contribution in [0.3, 0.4) is 0 Å². The number of piperidine rings is 1. The molecule has 0 atom stereocenters. The molecule has 4 bridgehead atoms. The number of carbonyl (C=O) groups excluding carboxylic acids is 2. The maximum absolute atomic E-state index is 12.8. The van der Waals surface area contributed by atoms with Crippen LogP contribution in [0.25, 0.3) is 0 Å². The number of nitrogens with zero attached hydrogens (tertiary/aromatic N) is 1. The van der Waals surface area contributed by atoms with Gasteiger partial charge in [0, 0.05) is 31.7 Å². The zero-order valence-corrected chi connectivity index (χ0v) is 14.8. The zero-order valence-electron chi connectivity index (χ0n) is 14.8. The van der Waals surface area contributed by atoms with Gasteiger partial charge in [-0.2, -0.15) is 0 Å². The molecule has 1 N–H and O–H groups in total. The van der Waals surface area contributed by atoms with Gasteiger partial charge in [-0.05, 0) is 69.1 Å². The third-order valence-electron chi connectivity index (χ3n) is 6.91. The van der Waals surface area contributed by atoms with Gasteiger partial charge in [0.2, 0.25) is 11.8 Å². The Hall–Kier alpha value is -1.10. The molecule has 4 saturated carbocycles.